The third kappa shape index (κ3) is 2.05. The van der Waals surface area contributed by atoms with Crippen LogP contribution in [-0.2, 0) is 0 Å². The van der Waals surface area contributed by atoms with Gasteiger partial charge in [0.1, 0.15) is 0 Å². The molecule has 2 aliphatic rings. The Hall–Kier alpha value is -1.51. The lowest BCUT2D eigenvalue weighted by Crippen LogP contribution is -2.47. The summed E-state index contributed by atoms with van der Waals surface area (Å²) in [5.41, 5.74) is 6.24. The van der Waals surface area contributed by atoms with Gasteiger partial charge in [0.2, 0.25) is 0 Å². The molecular weight excluding hydrogens is 284 g/mol. The second-order valence-corrected chi connectivity index (χ2v) is 7.66. The molecule has 2 aliphatic heterocycles. The fourth-order valence-corrected chi connectivity index (χ4v) is 4.53. The van der Waals surface area contributed by atoms with Crippen molar-refractivity contribution in [3.63, 3.8) is 0 Å². The Balaban J connectivity index is 2.30. The Bertz CT molecular complexity index is 700. The van der Waals surface area contributed by atoms with Crippen molar-refractivity contribution in [1.82, 2.24) is 4.90 Å². The number of amides is 1. The summed E-state index contributed by atoms with van der Waals surface area (Å²) in [4.78, 5) is 18.0. The number of benzene rings is 1. The molecule has 0 radical (unpaired) electrons. The summed E-state index contributed by atoms with van der Waals surface area (Å²) in [6.45, 7) is 13.1. The Labute approximate surface area is 142 Å². The predicted octanol–water partition coefficient (Wildman–Crippen LogP) is 4.00. The minimum absolute atomic E-state index is 0.184. The van der Waals surface area contributed by atoms with Gasteiger partial charge in [-0.2, -0.15) is 0 Å². The summed E-state index contributed by atoms with van der Waals surface area (Å²) >= 11 is 0. The molecule has 23 heavy (non-hydrogen) atoms. The summed E-state index contributed by atoms with van der Waals surface area (Å²) < 4.78 is 7.93. The van der Waals surface area contributed by atoms with E-state index in [2.05, 4.69) is 51.5 Å². The maximum absolute atomic E-state index is 13.5. The first-order valence-corrected chi connectivity index (χ1v) is 8.69. The summed E-state index contributed by atoms with van der Waals surface area (Å²) in [5, 5.41) is 0. The van der Waals surface area contributed by atoms with Gasteiger partial charge in [0.05, 0.1) is 17.3 Å². The number of hydrogen-bond donors (Lipinski definition) is 0. The molecule has 4 atom stereocenters. The standard InChI is InChI=1S/C20H30N2O/c1-10-9-17-16(7)21(8)19-14(5)12(3)11(2)13(4)18(19)20(23)22(17)15(10)6/h10,15-17H,9H2,1-8H3/t10?,15?,16?,17-/m0/s1/i3D. The van der Waals surface area contributed by atoms with Crippen molar-refractivity contribution in [3.8, 4) is 0 Å². The third-order valence-electron chi connectivity index (χ3n) is 6.64. The average Bonchev–Trinajstić information content (AvgIpc) is 2.80. The van der Waals surface area contributed by atoms with Crippen molar-refractivity contribution in [1.29, 1.82) is 0 Å². The number of hydrogen-bond acceptors (Lipinski definition) is 2. The van der Waals surface area contributed by atoms with Crippen LogP contribution < -0.4 is 4.90 Å². The van der Waals surface area contributed by atoms with Crippen LogP contribution in [0.25, 0.3) is 0 Å². The molecule has 1 aromatic carbocycles. The van der Waals surface area contributed by atoms with E-state index in [-0.39, 0.29) is 30.9 Å². The topological polar surface area (TPSA) is 23.6 Å². The molecule has 0 saturated carbocycles. The Kier molecular flexibility index (Phi) is 3.44. The number of anilines is 1. The highest BCUT2D eigenvalue weighted by molar-refractivity contribution is 6.04. The van der Waals surface area contributed by atoms with E-state index in [1.807, 2.05) is 6.92 Å². The maximum atomic E-state index is 13.5. The molecule has 1 amide bonds. The highest BCUT2D eigenvalue weighted by atomic mass is 16.2. The van der Waals surface area contributed by atoms with Gasteiger partial charge in [-0.1, -0.05) is 6.92 Å². The smallest absolute Gasteiger partial charge is 0.256 e. The number of carbonyl (C=O) groups is 1. The Morgan fingerprint density at radius 2 is 1.65 bits per heavy atom. The zero-order valence-electron chi connectivity index (χ0n) is 16.5. The monoisotopic (exact) mass is 315 g/mol. The van der Waals surface area contributed by atoms with Crippen molar-refractivity contribution in [2.24, 2.45) is 5.92 Å². The zero-order valence-corrected chi connectivity index (χ0v) is 15.5. The molecule has 0 aliphatic carbocycles. The van der Waals surface area contributed by atoms with Crippen LogP contribution in [0.15, 0.2) is 0 Å². The summed E-state index contributed by atoms with van der Waals surface area (Å²) in [5.74, 6) is 0.717. The number of fused-ring (bicyclic) bond motifs is 2. The second-order valence-electron chi connectivity index (χ2n) is 7.66. The lowest BCUT2D eigenvalue weighted by Gasteiger charge is -2.34. The molecule has 1 aromatic rings. The Morgan fingerprint density at radius 1 is 1.00 bits per heavy atom. The fourth-order valence-electron chi connectivity index (χ4n) is 4.53. The van der Waals surface area contributed by atoms with E-state index in [9.17, 15) is 4.79 Å². The lowest BCUT2D eigenvalue weighted by atomic mass is 9.90. The van der Waals surface area contributed by atoms with Crippen molar-refractivity contribution < 1.29 is 6.17 Å². The van der Waals surface area contributed by atoms with Gasteiger partial charge in [0.25, 0.3) is 5.91 Å². The van der Waals surface area contributed by atoms with Crippen LogP contribution in [0, 0.1) is 33.6 Å². The molecule has 1 saturated heterocycles. The van der Waals surface area contributed by atoms with Gasteiger partial charge in [-0.25, -0.2) is 0 Å². The molecule has 2 heterocycles. The van der Waals surface area contributed by atoms with Crippen LogP contribution in [0.1, 0.15) is 61.2 Å². The first-order valence-electron chi connectivity index (χ1n) is 9.40. The van der Waals surface area contributed by atoms with Gasteiger partial charge in [0.15, 0.2) is 0 Å². The average molecular weight is 315 g/mol. The lowest BCUT2D eigenvalue weighted by molar-refractivity contribution is 0.0661. The molecular formula is C20H30N2O. The van der Waals surface area contributed by atoms with Crippen LogP contribution in [0.4, 0.5) is 5.69 Å². The predicted molar refractivity (Wildman–Crippen MR) is 96.5 cm³/mol. The van der Waals surface area contributed by atoms with Gasteiger partial charge in [-0.3, -0.25) is 4.79 Å². The second kappa shape index (κ2) is 5.25. The number of carbonyl (C=O) groups excluding carboxylic acids is 1. The highest BCUT2D eigenvalue weighted by Gasteiger charge is 2.46. The van der Waals surface area contributed by atoms with Crippen LogP contribution in [0.2, 0.25) is 0 Å². The quantitative estimate of drug-likeness (QED) is 0.722. The van der Waals surface area contributed by atoms with Gasteiger partial charge >= 0.3 is 0 Å². The van der Waals surface area contributed by atoms with Crippen LogP contribution in [0.3, 0.4) is 0 Å². The number of rotatable bonds is 0. The van der Waals surface area contributed by atoms with E-state index in [1.165, 1.54) is 0 Å². The number of nitrogens with zero attached hydrogens (tertiary/aromatic N) is 2. The minimum atomic E-state index is 0.184. The van der Waals surface area contributed by atoms with E-state index in [0.29, 0.717) is 5.92 Å². The summed E-state index contributed by atoms with van der Waals surface area (Å²) in [6, 6.07) is 0.820. The molecule has 3 heteroatoms. The molecule has 0 aromatic heterocycles. The van der Waals surface area contributed by atoms with Gasteiger partial charge < -0.3 is 9.80 Å². The van der Waals surface area contributed by atoms with E-state index in [1.54, 1.807) is 0 Å². The zero-order chi connectivity index (χ0) is 17.9. The summed E-state index contributed by atoms with van der Waals surface area (Å²) in [6.07, 6.45) is 1.06. The van der Waals surface area contributed by atoms with Gasteiger partial charge in [-0.15, -0.1) is 0 Å². The minimum Gasteiger partial charge on any atom is -0.369 e. The van der Waals surface area contributed by atoms with Crippen molar-refractivity contribution in [3.05, 3.63) is 27.8 Å². The Morgan fingerprint density at radius 3 is 2.26 bits per heavy atom. The maximum Gasteiger partial charge on any atom is 0.256 e. The normalized spacial score (nSPS) is 30.9. The number of likely N-dealkylation sites (N-methyl/N-ethyl adjacent to an activating group) is 1. The van der Waals surface area contributed by atoms with Crippen LogP contribution in [0.5, 0.6) is 0 Å². The van der Waals surface area contributed by atoms with Gasteiger partial charge in [-0.05, 0) is 76.1 Å². The summed E-state index contributed by atoms with van der Waals surface area (Å²) in [7, 11) is 2.11. The molecule has 1 fully saturated rings. The SMILES string of the molecule is [2H]Cc1c(C)c(C)c2c(c1C)N(C)C(C)[C@@H]1CC(C)C(C)N1C2=O. The molecule has 3 rings (SSSR count). The molecule has 0 bridgehead atoms. The third-order valence-corrected chi connectivity index (χ3v) is 6.64. The fraction of sp³-hybridized carbons (Fsp3) is 0.650. The first-order chi connectivity index (χ1) is 11.2. The van der Waals surface area contributed by atoms with E-state index in [0.717, 1.165) is 39.9 Å². The van der Waals surface area contributed by atoms with E-state index < -0.39 is 0 Å². The molecule has 0 spiro atoms. The largest absolute Gasteiger partial charge is 0.369 e. The van der Waals surface area contributed by atoms with E-state index in [4.69, 9.17) is 1.37 Å². The van der Waals surface area contributed by atoms with Crippen LogP contribution >= 0.6 is 0 Å². The van der Waals surface area contributed by atoms with Crippen molar-refractivity contribution >= 4 is 11.6 Å². The van der Waals surface area contributed by atoms with Crippen LogP contribution in [-0.4, -0.2) is 36.0 Å². The van der Waals surface area contributed by atoms with Gasteiger partial charge in [0, 0.05) is 20.5 Å². The molecule has 3 unspecified atom stereocenters. The van der Waals surface area contributed by atoms with E-state index >= 15 is 0 Å². The molecule has 3 nitrogen and oxygen atoms in total. The molecule has 0 N–H and O–H groups in total. The van der Waals surface area contributed by atoms with Crippen molar-refractivity contribution in [2.45, 2.75) is 73.0 Å². The first kappa shape index (κ1) is 15.0. The van der Waals surface area contributed by atoms with Crippen molar-refractivity contribution in [2.75, 3.05) is 11.9 Å². The molecule has 126 valence electrons. The highest BCUT2D eigenvalue weighted by Crippen LogP contribution is 2.43.